The molecule has 3 rings (SSSR count). The van der Waals surface area contributed by atoms with E-state index in [2.05, 4.69) is 15.1 Å². The fourth-order valence-electron chi connectivity index (χ4n) is 2.32. The fourth-order valence-corrected chi connectivity index (χ4v) is 2.32. The van der Waals surface area contributed by atoms with E-state index in [4.69, 9.17) is 9.15 Å². The Hall–Kier alpha value is -2.73. The van der Waals surface area contributed by atoms with Gasteiger partial charge in [0.1, 0.15) is 18.2 Å². The smallest absolute Gasteiger partial charge is 0.247 e. The third-order valence-electron chi connectivity index (χ3n) is 4.01. The fraction of sp³-hybridized carbons (Fsp3) is 0.263. The molecule has 1 unspecified atom stereocenters. The van der Waals surface area contributed by atoms with E-state index in [0.717, 1.165) is 5.56 Å². The van der Waals surface area contributed by atoms with Gasteiger partial charge in [-0.2, -0.15) is 0 Å². The van der Waals surface area contributed by atoms with Crippen LogP contribution in [0, 0.1) is 5.82 Å². The second kappa shape index (κ2) is 7.90. The lowest BCUT2D eigenvalue weighted by Crippen LogP contribution is -2.27. The Balaban J connectivity index is 1.54. The summed E-state index contributed by atoms with van der Waals surface area (Å²) in [5.74, 6) is 1.44. The summed E-state index contributed by atoms with van der Waals surface area (Å²) in [4.78, 5) is 2.06. The van der Waals surface area contributed by atoms with Gasteiger partial charge in [-0.25, -0.2) is 4.39 Å². The molecule has 130 valence electrons. The molecule has 0 bridgehead atoms. The minimum absolute atomic E-state index is 0.0400. The molecule has 3 aromatic rings. The zero-order valence-electron chi connectivity index (χ0n) is 14.2. The molecule has 5 nitrogen and oxygen atoms in total. The zero-order valence-corrected chi connectivity index (χ0v) is 14.2. The normalized spacial score (nSPS) is 12.3. The highest BCUT2D eigenvalue weighted by molar-refractivity contribution is 5.51. The number of benzene rings is 2. The van der Waals surface area contributed by atoms with E-state index in [1.165, 1.54) is 12.1 Å². The van der Waals surface area contributed by atoms with Crippen LogP contribution in [0.1, 0.15) is 18.9 Å². The van der Waals surface area contributed by atoms with Crippen LogP contribution in [0.4, 0.5) is 4.39 Å². The van der Waals surface area contributed by atoms with E-state index in [-0.39, 0.29) is 11.9 Å². The quantitative estimate of drug-likeness (QED) is 0.651. The van der Waals surface area contributed by atoms with Crippen molar-refractivity contribution < 1.29 is 13.5 Å². The third-order valence-corrected chi connectivity index (χ3v) is 4.01. The van der Waals surface area contributed by atoms with E-state index in [0.29, 0.717) is 30.7 Å². The van der Waals surface area contributed by atoms with Crippen molar-refractivity contribution in [3.8, 4) is 17.2 Å². The van der Waals surface area contributed by atoms with Gasteiger partial charge in [0.2, 0.25) is 11.8 Å². The van der Waals surface area contributed by atoms with Crippen molar-refractivity contribution in [2.45, 2.75) is 13.0 Å². The van der Waals surface area contributed by atoms with Gasteiger partial charge >= 0.3 is 0 Å². The maximum absolute atomic E-state index is 12.9. The Morgan fingerprint density at radius 3 is 2.52 bits per heavy atom. The van der Waals surface area contributed by atoms with Crippen LogP contribution in [0.2, 0.25) is 0 Å². The molecular weight excluding hydrogens is 321 g/mol. The van der Waals surface area contributed by atoms with Crippen molar-refractivity contribution in [2.24, 2.45) is 0 Å². The second-order valence-corrected chi connectivity index (χ2v) is 5.77. The summed E-state index contributed by atoms with van der Waals surface area (Å²) in [6.07, 6.45) is 0. The van der Waals surface area contributed by atoms with Gasteiger partial charge in [-0.15, -0.1) is 10.2 Å². The lowest BCUT2D eigenvalue weighted by atomic mass is 10.2. The molecule has 6 heteroatoms. The number of hydrogen-bond acceptors (Lipinski definition) is 5. The number of ether oxygens (including phenoxy) is 1. The molecule has 1 atom stereocenters. The van der Waals surface area contributed by atoms with Crippen molar-refractivity contribution in [3.05, 3.63) is 66.3 Å². The number of likely N-dealkylation sites (N-methyl/N-ethyl adjacent to an activating group) is 1. The number of rotatable bonds is 7. The first-order valence-corrected chi connectivity index (χ1v) is 8.11. The van der Waals surface area contributed by atoms with Crippen LogP contribution in [0.25, 0.3) is 11.5 Å². The Labute approximate surface area is 146 Å². The molecule has 0 radical (unpaired) electrons. The average molecular weight is 341 g/mol. The van der Waals surface area contributed by atoms with Crippen LogP contribution in [0.15, 0.2) is 59.0 Å². The average Bonchev–Trinajstić information content (AvgIpc) is 3.13. The van der Waals surface area contributed by atoms with E-state index in [9.17, 15) is 4.39 Å². The van der Waals surface area contributed by atoms with Crippen molar-refractivity contribution in [1.82, 2.24) is 15.1 Å². The highest BCUT2D eigenvalue weighted by Gasteiger charge is 2.19. The minimum atomic E-state index is -0.274. The van der Waals surface area contributed by atoms with Gasteiger partial charge in [0.15, 0.2) is 0 Å². The maximum Gasteiger partial charge on any atom is 0.247 e. The molecule has 0 amide bonds. The van der Waals surface area contributed by atoms with Gasteiger partial charge in [0.05, 0.1) is 6.04 Å². The van der Waals surface area contributed by atoms with Gasteiger partial charge in [-0.05, 0) is 50.4 Å². The predicted molar refractivity (Wildman–Crippen MR) is 92.7 cm³/mol. The van der Waals surface area contributed by atoms with E-state index in [1.54, 1.807) is 12.1 Å². The molecule has 0 spiro atoms. The van der Waals surface area contributed by atoms with Crippen LogP contribution >= 0.6 is 0 Å². The molecule has 0 aliphatic heterocycles. The number of nitrogens with zero attached hydrogens (tertiary/aromatic N) is 3. The van der Waals surface area contributed by atoms with Gasteiger partial charge in [0.25, 0.3) is 0 Å². The highest BCUT2D eigenvalue weighted by atomic mass is 19.1. The van der Waals surface area contributed by atoms with Gasteiger partial charge in [-0.1, -0.05) is 18.2 Å². The van der Waals surface area contributed by atoms with Crippen molar-refractivity contribution in [3.63, 3.8) is 0 Å². The van der Waals surface area contributed by atoms with Crippen LogP contribution < -0.4 is 4.74 Å². The number of aromatic nitrogens is 2. The molecule has 0 saturated carbocycles. The molecule has 2 aromatic carbocycles. The summed E-state index contributed by atoms with van der Waals surface area (Å²) in [6, 6.07) is 15.6. The largest absolute Gasteiger partial charge is 0.492 e. The summed E-state index contributed by atoms with van der Waals surface area (Å²) in [7, 11) is 1.96. The SMILES string of the molecule is CC(c1nnc(-c2ccccc2)o1)N(C)CCOc1ccc(F)cc1. The second-order valence-electron chi connectivity index (χ2n) is 5.77. The molecule has 1 heterocycles. The van der Waals surface area contributed by atoms with E-state index < -0.39 is 0 Å². The summed E-state index contributed by atoms with van der Waals surface area (Å²) >= 11 is 0. The van der Waals surface area contributed by atoms with E-state index in [1.807, 2.05) is 44.3 Å². The van der Waals surface area contributed by atoms with Crippen molar-refractivity contribution >= 4 is 0 Å². The minimum Gasteiger partial charge on any atom is -0.492 e. The molecule has 1 aromatic heterocycles. The first-order valence-electron chi connectivity index (χ1n) is 8.11. The first kappa shape index (κ1) is 17.1. The molecule has 0 N–H and O–H groups in total. The van der Waals surface area contributed by atoms with Crippen LogP contribution in [0.3, 0.4) is 0 Å². The van der Waals surface area contributed by atoms with Gasteiger partial charge in [-0.3, -0.25) is 4.90 Å². The van der Waals surface area contributed by atoms with Gasteiger partial charge < -0.3 is 9.15 Å². The van der Waals surface area contributed by atoms with Crippen molar-refractivity contribution in [2.75, 3.05) is 20.2 Å². The monoisotopic (exact) mass is 341 g/mol. The van der Waals surface area contributed by atoms with Crippen LogP contribution in [-0.2, 0) is 0 Å². The molecule has 0 saturated heterocycles. The Bertz CT molecular complexity index is 790. The van der Waals surface area contributed by atoms with Crippen LogP contribution in [0.5, 0.6) is 5.75 Å². The number of hydrogen-bond donors (Lipinski definition) is 0. The molecular formula is C19H20FN3O2. The lowest BCUT2D eigenvalue weighted by molar-refractivity contribution is 0.182. The van der Waals surface area contributed by atoms with Crippen molar-refractivity contribution in [1.29, 1.82) is 0 Å². The first-order chi connectivity index (χ1) is 12.1. The summed E-state index contributed by atoms with van der Waals surface area (Å²) in [5.41, 5.74) is 0.899. The summed E-state index contributed by atoms with van der Waals surface area (Å²) < 4.78 is 24.3. The lowest BCUT2D eigenvalue weighted by Gasteiger charge is -2.21. The Morgan fingerprint density at radius 2 is 1.80 bits per heavy atom. The standard InChI is InChI=1S/C19H20FN3O2/c1-14(18-21-22-19(25-18)15-6-4-3-5-7-15)23(2)12-13-24-17-10-8-16(20)9-11-17/h3-11,14H,12-13H2,1-2H3. The zero-order chi connectivity index (χ0) is 17.6. The Kier molecular flexibility index (Phi) is 5.40. The molecule has 0 aliphatic carbocycles. The third kappa shape index (κ3) is 4.42. The maximum atomic E-state index is 12.9. The summed E-state index contributed by atoms with van der Waals surface area (Å²) in [6.45, 7) is 3.15. The molecule has 0 fully saturated rings. The Morgan fingerprint density at radius 1 is 1.08 bits per heavy atom. The predicted octanol–water partition coefficient (Wildman–Crippen LogP) is 3.95. The molecule has 0 aliphatic rings. The van der Waals surface area contributed by atoms with E-state index >= 15 is 0 Å². The van der Waals surface area contributed by atoms with Gasteiger partial charge in [0, 0.05) is 12.1 Å². The van der Waals surface area contributed by atoms with Crippen LogP contribution in [-0.4, -0.2) is 35.3 Å². The highest BCUT2D eigenvalue weighted by Crippen LogP contribution is 2.22. The molecule has 25 heavy (non-hydrogen) atoms. The summed E-state index contributed by atoms with van der Waals surface area (Å²) in [5, 5.41) is 8.26. The topological polar surface area (TPSA) is 51.4 Å². The number of halogens is 1.